The molecule has 0 fully saturated rings. The van der Waals surface area contributed by atoms with E-state index in [9.17, 15) is 19.5 Å². The van der Waals surface area contributed by atoms with E-state index in [1.165, 1.54) is 25.3 Å². The standard InChI is InChI=1S/C12H13NO6/c1-19-12(18)7-3-2-4-8(11(7)17)13-9(14)5-6-10(15)16/h2-4,17H,5-6H2,1H3,(H,13,14)(H,15,16). The van der Waals surface area contributed by atoms with E-state index in [1.807, 2.05) is 0 Å². The van der Waals surface area contributed by atoms with Gasteiger partial charge in [-0.05, 0) is 12.1 Å². The first-order valence-corrected chi connectivity index (χ1v) is 5.37. The van der Waals surface area contributed by atoms with Crippen LogP contribution in [0.5, 0.6) is 5.75 Å². The van der Waals surface area contributed by atoms with Crippen LogP contribution < -0.4 is 5.32 Å². The highest BCUT2D eigenvalue weighted by atomic mass is 16.5. The van der Waals surface area contributed by atoms with Gasteiger partial charge in [-0.25, -0.2) is 4.79 Å². The number of nitrogens with one attached hydrogen (secondary N) is 1. The minimum absolute atomic E-state index is 0.0262. The second-order valence-electron chi connectivity index (χ2n) is 3.64. The minimum Gasteiger partial charge on any atom is -0.505 e. The number of carboxylic acids is 1. The lowest BCUT2D eigenvalue weighted by molar-refractivity contribution is -0.138. The van der Waals surface area contributed by atoms with E-state index in [0.717, 1.165) is 0 Å². The maximum absolute atomic E-state index is 11.4. The van der Waals surface area contributed by atoms with Crippen molar-refractivity contribution in [2.45, 2.75) is 12.8 Å². The zero-order valence-electron chi connectivity index (χ0n) is 10.2. The Morgan fingerprint density at radius 1 is 1.26 bits per heavy atom. The third-order valence-corrected chi connectivity index (χ3v) is 2.28. The normalized spacial score (nSPS) is 9.74. The van der Waals surface area contributed by atoms with Gasteiger partial charge in [-0.3, -0.25) is 9.59 Å². The number of carbonyl (C=O) groups is 3. The van der Waals surface area contributed by atoms with E-state index in [0.29, 0.717) is 0 Å². The van der Waals surface area contributed by atoms with Gasteiger partial charge in [0.05, 0.1) is 19.2 Å². The Morgan fingerprint density at radius 2 is 1.95 bits per heavy atom. The lowest BCUT2D eigenvalue weighted by Gasteiger charge is -2.09. The van der Waals surface area contributed by atoms with E-state index in [1.54, 1.807) is 0 Å². The second kappa shape index (κ2) is 6.39. The summed E-state index contributed by atoms with van der Waals surface area (Å²) < 4.78 is 4.47. The van der Waals surface area contributed by atoms with E-state index >= 15 is 0 Å². The Labute approximate surface area is 108 Å². The van der Waals surface area contributed by atoms with Crippen molar-refractivity contribution in [2.24, 2.45) is 0 Å². The van der Waals surface area contributed by atoms with Crippen LogP contribution in [-0.2, 0) is 14.3 Å². The maximum atomic E-state index is 11.4. The molecule has 19 heavy (non-hydrogen) atoms. The number of ether oxygens (including phenoxy) is 1. The molecule has 1 rings (SSSR count). The third-order valence-electron chi connectivity index (χ3n) is 2.28. The first-order valence-electron chi connectivity index (χ1n) is 5.37. The van der Waals surface area contributed by atoms with Crippen LogP contribution in [0.2, 0.25) is 0 Å². The van der Waals surface area contributed by atoms with Crippen molar-refractivity contribution in [1.82, 2.24) is 0 Å². The number of amides is 1. The Bertz CT molecular complexity index is 511. The van der Waals surface area contributed by atoms with Crippen LogP contribution >= 0.6 is 0 Å². The first kappa shape index (κ1) is 14.5. The van der Waals surface area contributed by atoms with Crippen LogP contribution in [-0.4, -0.2) is 35.2 Å². The SMILES string of the molecule is COC(=O)c1cccc(NC(=O)CCC(=O)O)c1O. The molecule has 0 aromatic heterocycles. The van der Waals surface area contributed by atoms with Gasteiger partial charge in [0.15, 0.2) is 5.75 Å². The van der Waals surface area contributed by atoms with Crippen LogP contribution in [0.15, 0.2) is 18.2 Å². The second-order valence-corrected chi connectivity index (χ2v) is 3.64. The van der Waals surface area contributed by atoms with Crippen molar-refractivity contribution in [2.75, 3.05) is 12.4 Å². The summed E-state index contributed by atoms with van der Waals surface area (Å²) in [5.41, 5.74) is -0.0585. The highest BCUT2D eigenvalue weighted by Gasteiger charge is 2.16. The van der Waals surface area contributed by atoms with Crippen molar-refractivity contribution >= 4 is 23.5 Å². The van der Waals surface area contributed by atoms with E-state index in [-0.39, 0.29) is 24.1 Å². The molecule has 0 unspecified atom stereocenters. The zero-order chi connectivity index (χ0) is 14.4. The summed E-state index contributed by atoms with van der Waals surface area (Å²) >= 11 is 0. The molecule has 0 radical (unpaired) electrons. The number of hydrogen-bond donors (Lipinski definition) is 3. The molecule has 1 aromatic rings. The molecule has 3 N–H and O–H groups in total. The van der Waals surface area contributed by atoms with Crippen molar-refractivity contribution in [3.63, 3.8) is 0 Å². The van der Waals surface area contributed by atoms with Gasteiger partial charge in [-0.15, -0.1) is 0 Å². The number of phenols is 1. The van der Waals surface area contributed by atoms with Crippen molar-refractivity contribution in [1.29, 1.82) is 0 Å². The number of aliphatic carboxylic acids is 1. The monoisotopic (exact) mass is 267 g/mol. The summed E-state index contributed by atoms with van der Waals surface area (Å²) in [4.78, 5) is 33.0. The number of phenolic OH excluding ortho intramolecular Hbond substituents is 1. The van der Waals surface area contributed by atoms with Crippen LogP contribution in [0.25, 0.3) is 0 Å². The molecule has 1 aromatic carbocycles. The minimum atomic E-state index is -1.09. The van der Waals surface area contributed by atoms with Gasteiger partial charge >= 0.3 is 11.9 Å². The molecule has 102 valence electrons. The summed E-state index contributed by atoms with van der Waals surface area (Å²) in [7, 11) is 1.17. The van der Waals surface area contributed by atoms with Gasteiger partial charge < -0.3 is 20.3 Å². The number of hydrogen-bond acceptors (Lipinski definition) is 5. The average Bonchev–Trinajstić information content (AvgIpc) is 2.38. The predicted octanol–water partition coefficient (Wildman–Crippen LogP) is 0.982. The van der Waals surface area contributed by atoms with Crippen molar-refractivity contribution in [3.05, 3.63) is 23.8 Å². The molecule has 7 heteroatoms. The molecule has 0 spiro atoms. The Balaban J connectivity index is 2.82. The number of carbonyl (C=O) groups excluding carboxylic acids is 2. The van der Waals surface area contributed by atoms with Crippen LogP contribution in [0.1, 0.15) is 23.2 Å². The number of para-hydroxylation sites is 1. The van der Waals surface area contributed by atoms with Gasteiger partial charge in [0.25, 0.3) is 0 Å². The Kier molecular flexibility index (Phi) is 4.87. The summed E-state index contributed by atoms with van der Waals surface area (Å²) in [5.74, 6) is -2.82. The smallest absolute Gasteiger partial charge is 0.341 e. The van der Waals surface area contributed by atoms with Gasteiger partial charge in [-0.2, -0.15) is 0 Å². The molecular formula is C12H13NO6. The predicted molar refractivity (Wildman–Crippen MR) is 64.9 cm³/mol. The molecule has 7 nitrogen and oxygen atoms in total. The molecule has 0 heterocycles. The molecule has 0 aliphatic carbocycles. The summed E-state index contributed by atoms with van der Waals surface area (Å²) in [6.07, 6.45) is -0.541. The molecule has 0 atom stereocenters. The van der Waals surface area contributed by atoms with Gasteiger partial charge in [0.2, 0.25) is 5.91 Å². The molecular weight excluding hydrogens is 254 g/mol. The lowest BCUT2D eigenvalue weighted by atomic mass is 10.1. The number of methoxy groups -OCH3 is 1. The Morgan fingerprint density at radius 3 is 2.53 bits per heavy atom. The van der Waals surface area contributed by atoms with Gasteiger partial charge in [0, 0.05) is 6.42 Å². The molecule has 0 bridgehead atoms. The molecule has 1 amide bonds. The number of carboxylic acid groups (broad SMARTS) is 1. The number of benzene rings is 1. The summed E-state index contributed by atoms with van der Waals surface area (Å²) in [6.45, 7) is 0. The molecule has 0 saturated carbocycles. The zero-order valence-corrected chi connectivity index (χ0v) is 10.2. The fraction of sp³-hybridized carbons (Fsp3) is 0.250. The highest BCUT2D eigenvalue weighted by molar-refractivity contribution is 5.99. The number of rotatable bonds is 5. The fourth-order valence-electron chi connectivity index (χ4n) is 1.35. The van der Waals surface area contributed by atoms with Crippen molar-refractivity contribution < 1.29 is 29.3 Å². The van der Waals surface area contributed by atoms with Crippen LogP contribution in [0.3, 0.4) is 0 Å². The third kappa shape index (κ3) is 3.98. The van der Waals surface area contributed by atoms with E-state index in [4.69, 9.17) is 5.11 Å². The van der Waals surface area contributed by atoms with Crippen LogP contribution in [0, 0.1) is 0 Å². The molecule has 0 aliphatic rings. The highest BCUT2D eigenvalue weighted by Crippen LogP contribution is 2.28. The van der Waals surface area contributed by atoms with Crippen LogP contribution in [0.4, 0.5) is 5.69 Å². The Hall–Kier alpha value is -2.57. The van der Waals surface area contributed by atoms with Crippen molar-refractivity contribution in [3.8, 4) is 5.75 Å². The average molecular weight is 267 g/mol. The number of esters is 1. The van der Waals surface area contributed by atoms with Gasteiger partial charge in [-0.1, -0.05) is 6.07 Å². The lowest BCUT2D eigenvalue weighted by Crippen LogP contribution is -2.14. The molecule has 0 aliphatic heterocycles. The number of aromatic hydroxyl groups is 1. The first-order chi connectivity index (χ1) is 8.95. The fourth-order valence-corrected chi connectivity index (χ4v) is 1.35. The summed E-state index contributed by atoms with van der Waals surface area (Å²) in [6, 6.07) is 4.19. The van der Waals surface area contributed by atoms with Gasteiger partial charge in [0.1, 0.15) is 5.56 Å². The largest absolute Gasteiger partial charge is 0.505 e. The number of anilines is 1. The topological polar surface area (TPSA) is 113 Å². The molecule has 0 saturated heterocycles. The van der Waals surface area contributed by atoms with E-state index in [2.05, 4.69) is 10.1 Å². The quantitative estimate of drug-likeness (QED) is 0.541. The summed E-state index contributed by atoms with van der Waals surface area (Å²) in [5, 5.41) is 20.6. The van der Waals surface area contributed by atoms with E-state index < -0.39 is 23.6 Å². The maximum Gasteiger partial charge on any atom is 0.341 e.